The Morgan fingerprint density at radius 2 is 1.17 bits per heavy atom. The number of aromatic nitrogens is 2. The van der Waals surface area contributed by atoms with Crippen molar-refractivity contribution in [3.05, 3.63) is 127 Å². The summed E-state index contributed by atoms with van der Waals surface area (Å²) in [4.78, 5) is 7.40. The zero-order valence-electron chi connectivity index (χ0n) is 19.5. The van der Waals surface area contributed by atoms with Crippen molar-refractivity contribution in [2.45, 2.75) is 0 Å². The third kappa shape index (κ3) is 3.06. The van der Waals surface area contributed by atoms with E-state index in [1.807, 2.05) is 18.2 Å². The fraction of sp³-hybridized carbons (Fsp3) is 0. The Labute approximate surface area is 209 Å². The SMILES string of the molecule is C#Cc1ccc(-c2ccc(N3c4ccccc4-c4ccccc4-n4c3nc3ccccc34)cc2)cc1. The van der Waals surface area contributed by atoms with Crippen LogP contribution in [0.1, 0.15) is 5.56 Å². The van der Waals surface area contributed by atoms with Gasteiger partial charge in [-0.2, -0.15) is 0 Å². The molecule has 1 aliphatic heterocycles. The molecule has 3 nitrogen and oxygen atoms in total. The van der Waals surface area contributed by atoms with Crippen LogP contribution < -0.4 is 4.90 Å². The van der Waals surface area contributed by atoms with Gasteiger partial charge in [-0.1, -0.05) is 78.7 Å². The third-order valence-electron chi connectivity index (χ3n) is 6.83. The van der Waals surface area contributed by atoms with Crippen molar-refractivity contribution in [3.63, 3.8) is 0 Å². The highest BCUT2D eigenvalue weighted by Crippen LogP contribution is 2.47. The van der Waals surface area contributed by atoms with Crippen molar-refractivity contribution in [2.24, 2.45) is 0 Å². The van der Waals surface area contributed by atoms with Crippen molar-refractivity contribution >= 4 is 28.4 Å². The van der Waals surface area contributed by atoms with E-state index in [2.05, 4.69) is 119 Å². The molecule has 3 heteroatoms. The minimum Gasteiger partial charge on any atom is -0.280 e. The Kier molecular flexibility index (Phi) is 4.52. The van der Waals surface area contributed by atoms with Crippen molar-refractivity contribution < 1.29 is 0 Å². The first-order valence-corrected chi connectivity index (χ1v) is 12.0. The summed E-state index contributed by atoms with van der Waals surface area (Å²) < 4.78 is 2.27. The van der Waals surface area contributed by atoms with Gasteiger partial charge in [-0.05, 0) is 59.7 Å². The average molecular weight is 460 g/mol. The summed E-state index contributed by atoms with van der Waals surface area (Å²) in [5.41, 5.74) is 10.9. The largest absolute Gasteiger partial charge is 0.280 e. The van der Waals surface area contributed by atoms with Crippen LogP contribution >= 0.6 is 0 Å². The van der Waals surface area contributed by atoms with E-state index in [0.717, 1.165) is 50.7 Å². The Bertz CT molecular complexity index is 1780. The van der Waals surface area contributed by atoms with Gasteiger partial charge in [0.15, 0.2) is 0 Å². The maximum absolute atomic E-state index is 5.53. The van der Waals surface area contributed by atoms with E-state index in [9.17, 15) is 0 Å². The van der Waals surface area contributed by atoms with Gasteiger partial charge in [0.25, 0.3) is 0 Å². The number of terminal acetylenes is 1. The number of para-hydroxylation sites is 4. The molecule has 0 atom stereocenters. The lowest BCUT2D eigenvalue weighted by atomic mass is 10.0. The number of anilines is 3. The molecule has 0 unspecified atom stereocenters. The minimum absolute atomic E-state index is 0.875. The molecule has 0 amide bonds. The van der Waals surface area contributed by atoms with Crippen LogP contribution in [0.15, 0.2) is 121 Å². The number of rotatable bonds is 2. The van der Waals surface area contributed by atoms with E-state index in [-0.39, 0.29) is 0 Å². The monoisotopic (exact) mass is 459 g/mol. The molecule has 0 bridgehead atoms. The van der Waals surface area contributed by atoms with Gasteiger partial charge in [0, 0.05) is 22.4 Å². The molecular weight excluding hydrogens is 438 g/mol. The molecule has 0 N–H and O–H groups in total. The average Bonchev–Trinajstić information content (AvgIpc) is 3.27. The van der Waals surface area contributed by atoms with Gasteiger partial charge in [0.1, 0.15) is 0 Å². The highest BCUT2D eigenvalue weighted by Gasteiger charge is 2.28. The molecule has 6 aromatic rings. The smallest absolute Gasteiger partial charge is 0.220 e. The molecule has 36 heavy (non-hydrogen) atoms. The number of hydrogen-bond acceptors (Lipinski definition) is 2. The molecule has 5 aromatic carbocycles. The fourth-order valence-electron chi connectivity index (χ4n) is 5.12. The summed E-state index contributed by atoms with van der Waals surface area (Å²) in [6.45, 7) is 0. The lowest BCUT2D eigenvalue weighted by Gasteiger charge is -2.24. The Balaban J connectivity index is 1.46. The number of hydrogen-bond donors (Lipinski definition) is 0. The second-order valence-corrected chi connectivity index (χ2v) is 8.87. The maximum atomic E-state index is 5.53. The third-order valence-corrected chi connectivity index (χ3v) is 6.83. The van der Waals surface area contributed by atoms with E-state index < -0.39 is 0 Å². The molecule has 0 radical (unpaired) electrons. The molecule has 0 saturated heterocycles. The van der Waals surface area contributed by atoms with Crippen LogP contribution in [0.25, 0.3) is 39.0 Å². The van der Waals surface area contributed by atoms with Crippen LogP contribution in [-0.4, -0.2) is 9.55 Å². The maximum Gasteiger partial charge on any atom is 0.220 e. The minimum atomic E-state index is 0.875. The molecule has 1 aliphatic rings. The second kappa shape index (κ2) is 8.01. The van der Waals surface area contributed by atoms with E-state index in [1.165, 1.54) is 11.1 Å². The van der Waals surface area contributed by atoms with Gasteiger partial charge in [-0.3, -0.25) is 9.47 Å². The lowest BCUT2D eigenvalue weighted by molar-refractivity contribution is 1.05. The van der Waals surface area contributed by atoms with Gasteiger partial charge in [0.05, 0.1) is 22.4 Å². The van der Waals surface area contributed by atoms with Crippen LogP contribution in [-0.2, 0) is 0 Å². The van der Waals surface area contributed by atoms with Crippen LogP contribution in [0, 0.1) is 12.3 Å². The quantitative estimate of drug-likeness (QED) is 0.243. The van der Waals surface area contributed by atoms with Crippen LogP contribution in [0.3, 0.4) is 0 Å². The Morgan fingerprint density at radius 1 is 0.583 bits per heavy atom. The Morgan fingerprint density at radius 3 is 1.89 bits per heavy atom. The van der Waals surface area contributed by atoms with E-state index in [4.69, 9.17) is 11.4 Å². The highest BCUT2D eigenvalue weighted by molar-refractivity contribution is 5.96. The summed E-state index contributed by atoms with van der Waals surface area (Å²) in [5, 5.41) is 0. The van der Waals surface area contributed by atoms with Gasteiger partial charge < -0.3 is 0 Å². The zero-order chi connectivity index (χ0) is 24.1. The van der Waals surface area contributed by atoms with Crippen molar-refractivity contribution in [3.8, 4) is 40.3 Å². The van der Waals surface area contributed by atoms with Gasteiger partial charge >= 0.3 is 0 Å². The van der Waals surface area contributed by atoms with E-state index in [1.54, 1.807) is 0 Å². The highest BCUT2D eigenvalue weighted by atomic mass is 15.3. The van der Waals surface area contributed by atoms with E-state index in [0.29, 0.717) is 0 Å². The molecular formula is C33H21N3. The van der Waals surface area contributed by atoms with Gasteiger partial charge in [-0.15, -0.1) is 6.42 Å². The van der Waals surface area contributed by atoms with Crippen molar-refractivity contribution in [2.75, 3.05) is 4.90 Å². The predicted molar refractivity (Wildman–Crippen MR) is 148 cm³/mol. The molecule has 0 saturated carbocycles. The second-order valence-electron chi connectivity index (χ2n) is 8.87. The Hall–Kier alpha value is -5.07. The first-order chi connectivity index (χ1) is 17.8. The first-order valence-electron chi connectivity index (χ1n) is 12.0. The summed E-state index contributed by atoms with van der Waals surface area (Å²) in [7, 11) is 0. The number of nitrogens with zero attached hydrogens (tertiary/aromatic N) is 3. The summed E-state index contributed by atoms with van der Waals surface area (Å²) in [6.07, 6.45) is 5.53. The van der Waals surface area contributed by atoms with E-state index >= 15 is 0 Å². The lowest BCUT2D eigenvalue weighted by Crippen LogP contribution is -2.14. The number of imidazole rings is 1. The first kappa shape index (κ1) is 20.3. The summed E-state index contributed by atoms with van der Waals surface area (Å²) in [5.74, 6) is 3.56. The van der Waals surface area contributed by atoms with Crippen LogP contribution in [0.2, 0.25) is 0 Å². The molecule has 0 fully saturated rings. The van der Waals surface area contributed by atoms with Crippen LogP contribution in [0.5, 0.6) is 0 Å². The van der Waals surface area contributed by atoms with Gasteiger partial charge in [-0.25, -0.2) is 4.98 Å². The summed E-state index contributed by atoms with van der Waals surface area (Å²) in [6, 6.07) is 42.2. The van der Waals surface area contributed by atoms with Crippen molar-refractivity contribution in [1.82, 2.24) is 9.55 Å². The number of benzene rings is 5. The molecule has 2 heterocycles. The zero-order valence-corrected chi connectivity index (χ0v) is 19.5. The molecule has 0 spiro atoms. The number of fused-ring (bicyclic) bond motifs is 7. The van der Waals surface area contributed by atoms with Gasteiger partial charge in [0.2, 0.25) is 5.95 Å². The molecule has 168 valence electrons. The predicted octanol–water partition coefficient (Wildman–Crippen LogP) is 8.12. The molecule has 7 rings (SSSR count). The van der Waals surface area contributed by atoms with Crippen molar-refractivity contribution in [1.29, 1.82) is 0 Å². The fourth-order valence-corrected chi connectivity index (χ4v) is 5.12. The standard InChI is InChI=1S/C33H21N3/c1-2-23-15-17-24(18-16-23)25-19-21-26(22-20-25)35-30-12-6-3-9-27(30)28-10-4-7-13-31(28)36-32-14-8-5-11-29(32)34-33(35)36/h1,3-22H. The molecule has 1 aromatic heterocycles. The summed E-state index contributed by atoms with van der Waals surface area (Å²) >= 11 is 0. The van der Waals surface area contributed by atoms with Crippen LogP contribution in [0.4, 0.5) is 17.3 Å². The normalized spacial score (nSPS) is 11.8. The topological polar surface area (TPSA) is 21.1 Å². The molecule has 0 aliphatic carbocycles.